The van der Waals surface area contributed by atoms with Gasteiger partial charge in [0.2, 0.25) is 0 Å². The van der Waals surface area contributed by atoms with Crippen LogP contribution in [0.5, 0.6) is 0 Å². The molecule has 10 unspecified atom stereocenters. The standard InChI is InChI=1S/C58H84N6O17/c1-14-41-29(3)30(4)44(61-63-59)55(74-41)77-46-34(8)50(70-26-39-22-18-16-19-23-39)57(72-36(46)10)79-48-33(7)45(62-64-60)56(75-42(48)15-2)80-49-35(9)51(73-38(12)66)58(81-52(49)53(67)68-13)78-47-31(5)32(6)54(76-43(47)28-69-37(11)65)71-27-40-24-20-17-21-25-40/h16-25,29-36,41-52,54-58H,14-15,26-28H2,1-13H3/t29-,30-,31+,32?,33+,34-,35-,36?,41?,42?,43?,44?,45?,46-,47-,48-,49-,50?,51?,52?,54-,55+,56+,57-,58+/m0/s1. The first-order chi connectivity index (χ1) is 38.8. The smallest absolute Gasteiger partial charge is 0.337 e. The van der Waals surface area contributed by atoms with E-state index in [2.05, 4.69) is 33.9 Å². The van der Waals surface area contributed by atoms with Crippen molar-refractivity contribution in [2.24, 2.45) is 51.7 Å². The van der Waals surface area contributed by atoms with E-state index >= 15 is 0 Å². The molecule has 5 saturated heterocycles. The number of esters is 3. The van der Waals surface area contributed by atoms with E-state index in [9.17, 15) is 25.4 Å². The molecular weight excluding hydrogens is 1050 g/mol. The van der Waals surface area contributed by atoms with Crippen molar-refractivity contribution < 1.29 is 80.7 Å². The first kappa shape index (κ1) is 63.6. The minimum absolute atomic E-state index is 0.0255. The van der Waals surface area contributed by atoms with Crippen LogP contribution in [0.2, 0.25) is 0 Å². The highest BCUT2D eigenvalue weighted by molar-refractivity contribution is 5.75. The molecule has 25 atom stereocenters. The number of methoxy groups -OCH3 is 1. The maximum atomic E-state index is 14.0. The van der Waals surface area contributed by atoms with Crippen LogP contribution in [-0.4, -0.2) is 142 Å². The molecule has 0 amide bonds. The molecule has 5 aliphatic rings. The molecule has 5 aliphatic heterocycles. The Labute approximate surface area is 475 Å². The number of azide groups is 2. The summed E-state index contributed by atoms with van der Waals surface area (Å²) in [4.78, 5) is 45.5. The summed E-state index contributed by atoms with van der Waals surface area (Å²) in [7, 11) is 1.20. The number of hydrogen-bond acceptors (Lipinski definition) is 19. The van der Waals surface area contributed by atoms with Gasteiger partial charge in [0.25, 0.3) is 0 Å². The highest BCUT2D eigenvalue weighted by Gasteiger charge is 2.57. The van der Waals surface area contributed by atoms with Crippen LogP contribution in [0.1, 0.15) is 107 Å². The van der Waals surface area contributed by atoms with Gasteiger partial charge in [-0.05, 0) is 65.6 Å². The Morgan fingerprint density at radius 3 is 1.57 bits per heavy atom. The Morgan fingerprint density at radius 1 is 0.506 bits per heavy atom. The molecule has 448 valence electrons. The Hall–Kier alpha value is -4.97. The number of benzene rings is 2. The SMILES string of the molecule is CCC1O[C@H](O[C@@H]2C(C)O[C@@H](O[C@@H]3C(CC)O[C@H](O[C@@H]4C(C(=O)OC)O[C@@H](O[C@@H]5C(COC(C)=O)O[C@H](OCc6ccccc6)C(C)[C@H]5C)C(OC(C)=O)[C@H]4C)C(N=[N+]=[N-])[C@H]3C)C(OCc3ccccc3)[C@H]2C)C(N=[N+]=[N-])[C@@H](C)[C@@H]1C. The summed E-state index contributed by atoms with van der Waals surface area (Å²) in [5, 5.41) is 8.37. The monoisotopic (exact) mass is 1140 g/mol. The van der Waals surface area contributed by atoms with Crippen LogP contribution in [0.3, 0.4) is 0 Å². The van der Waals surface area contributed by atoms with Gasteiger partial charge < -0.3 is 66.3 Å². The van der Waals surface area contributed by atoms with Crippen LogP contribution in [0.25, 0.3) is 20.9 Å². The van der Waals surface area contributed by atoms with E-state index in [1.807, 2.05) is 109 Å². The predicted molar refractivity (Wildman–Crippen MR) is 290 cm³/mol. The van der Waals surface area contributed by atoms with Gasteiger partial charge in [0.1, 0.15) is 24.9 Å². The number of rotatable bonds is 22. The average molecular weight is 1140 g/mol. The first-order valence-corrected chi connectivity index (χ1v) is 28.5. The minimum atomic E-state index is -1.50. The van der Waals surface area contributed by atoms with E-state index in [1.165, 1.54) is 21.0 Å². The topological polar surface area (TPSA) is 278 Å². The van der Waals surface area contributed by atoms with Crippen molar-refractivity contribution in [1.82, 2.24) is 0 Å². The molecule has 81 heavy (non-hydrogen) atoms. The van der Waals surface area contributed by atoms with Crippen molar-refractivity contribution >= 4 is 17.9 Å². The Morgan fingerprint density at radius 2 is 1.01 bits per heavy atom. The molecule has 0 bridgehead atoms. The van der Waals surface area contributed by atoms with Crippen LogP contribution in [0, 0.1) is 41.4 Å². The second kappa shape index (κ2) is 29.5. The Kier molecular flexibility index (Phi) is 23.2. The van der Waals surface area contributed by atoms with Crippen LogP contribution in [-0.2, 0) is 93.9 Å². The van der Waals surface area contributed by atoms with Gasteiger partial charge in [-0.1, -0.05) is 133 Å². The highest BCUT2D eigenvalue weighted by atomic mass is 16.8. The Bertz CT molecular complexity index is 2440. The lowest BCUT2D eigenvalue weighted by Gasteiger charge is -2.51. The van der Waals surface area contributed by atoms with E-state index in [1.54, 1.807) is 6.92 Å². The number of carbonyl (C=O) groups is 3. The van der Waals surface area contributed by atoms with Crippen molar-refractivity contribution in [2.75, 3.05) is 13.7 Å². The number of nitrogens with zero attached hydrogens (tertiary/aromatic N) is 6. The minimum Gasteiger partial charge on any atom is -0.467 e. The molecule has 0 saturated carbocycles. The number of ether oxygens (including phenoxy) is 14. The summed E-state index contributed by atoms with van der Waals surface area (Å²) in [6.45, 7) is 22.3. The largest absolute Gasteiger partial charge is 0.467 e. The second-order valence-corrected chi connectivity index (χ2v) is 22.3. The van der Waals surface area contributed by atoms with Crippen LogP contribution >= 0.6 is 0 Å². The fourth-order valence-corrected chi connectivity index (χ4v) is 12.0. The number of hydrogen-bond donors (Lipinski definition) is 0. The normalized spacial score (nSPS) is 39.7. The summed E-state index contributed by atoms with van der Waals surface area (Å²) in [5.74, 6) is -4.38. The summed E-state index contributed by atoms with van der Waals surface area (Å²) in [6, 6.07) is 17.7. The van der Waals surface area contributed by atoms with E-state index in [-0.39, 0.29) is 55.5 Å². The average Bonchev–Trinajstić information content (AvgIpc) is 3.45. The summed E-state index contributed by atoms with van der Waals surface area (Å²) < 4.78 is 90.2. The van der Waals surface area contributed by atoms with E-state index in [0.29, 0.717) is 6.42 Å². The molecule has 5 fully saturated rings. The Balaban J connectivity index is 1.12. The van der Waals surface area contributed by atoms with Gasteiger partial charge >= 0.3 is 17.9 Å². The molecule has 0 aromatic heterocycles. The molecule has 2 aromatic rings. The third-order valence-electron chi connectivity index (χ3n) is 17.1. The fourth-order valence-electron chi connectivity index (χ4n) is 12.0. The van der Waals surface area contributed by atoms with Crippen molar-refractivity contribution in [1.29, 1.82) is 0 Å². The molecule has 7 rings (SSSR count). The molecule has 5 heterocycles. The maximum Gasteiger partial charge on any atom is 0.337 e. The zero-order valence-electron chi connectivity index (χ0n) is 48.9. The zero-order chi connectivity index (χ0) is 58.7. The zero-order valence-corrected chi connectivity index (χ0v) is 48.9. The maximum absolute atomic E-state index is 14.0. The van der Waals surface area contributed by atoms with Crippen molar-refractivity contribution in [3.8, 4) is 0 Å². The number of carbonyl (C=O) groups excluding carboxylic acids is 3. The second-order valence-electron chi connectivity index (χ2n) is 22.3. The fraction of sp³-hybridized carbons (Fsp3) is 0.741. The van der Waals surface area contributed by atoms with Crippen LogP contribution in [0.4, 0.5) is 0 Å². The molecule has 0 aliphatic carbocycles. The lowest BCUT2D eigenvalue weighted by atomic mass is 9.81. The van der Waals surface area contributed by atoms with Crippen LogP contribution < -0.4 is 0 Å². The highest BCUT2D eigenvalue weighted by Crippen LogP contribution is 2.44. The van der Waals surface area contributed by atoms with Crippen LogP contribution in [0.15, 0.2) is 70.9 Å². The molecule has 2 aromatic carbocycles. The molecule has 0 radical (unpaired) electrons. The molecule has 0 N–H and O–H groups in total. The van der Waals surface area contributed by atoms with Gasteiger partial charge in [-0.15, -0.1) is 0 Å². The quantitative estimate of drug-likeness (QED) is 0.0349. The summed E-state index contributed by atoms with van der Waals surface area (Å²) >= 11 is 0. The van der Waals surface area contributed by atoms with Gasteiger partial charge in [-0.3, -0.25) is 9.59 Å². The van der Waals surface area contributed by atoms with E-state index in [0.717, 1.165) is 17.5 Å². The lowest BCUT2D eigenvalue weighted by molar-refractivity contribution is -0.366. The molecule has 23 heteroatoms. The molecule has 0 spiro atoms. The lowest BCUT2D eigenvalue weighted by Crippen LogP contribution is -2.64. The summed E-state index contributed by atoms with van der Waals surface area (Å²) in [6.07, 6.45) is -13.3. The van der Waals surface area contributed by atoms with Gasteiger partial charge in [0.05, 0.1) is 69.0 Å². The van der Waals surface area contributed by atoms with Crippen molar-refractivity contribution in [3.63, 3.8) is 0 Å². The third-order valence-corrected chi connectivity index (χ3v) is 17.1. The molecular formula is C58H84N6O17. The summed E-state index contributed by atoms with van der Waals surface area (Å²) in [5.41, 5.74) is 21.6. The van der Waals surface area contributed by atoms with Crippen molar-refractivity contribution in [2.45, 2.75) is 220 Å². The first-order valence-electron chi connectivity index (χ1n) is 28.5. The van der Waals surface area contributed by atoms with Crippen molar-refractivity contribution in [3.05, 3.63) is 92.7 Å². The van der Waals surface area contributed by atoms with E-state index < -0.39 is 134 Å². The predicted octanol–water partition coefficient (Wildman–Crippen LogP) is 9.27. The van der Waals surface area contributed by atoms with E-state index in [4.69, 9.17) is 66.3 Å². The van der Waals surface area contributed by atoms with Gasteiger partial charge in [-0.25, -0.2) is 4.79 Å². The molecule has 23 nitrogen and oxygen atoms in total. The van der Waals surface area contributed by atoms with Gasteiger partial charge in [-0.2, -0.15) is 0 Å². The third kappa shape index (κ3) is 15.2. The van der Waals surface area contributed by atoms with Gasteiger partial charge in [0.15, 0.2) is 43.7 Å². The van der Waals surface area contributed by atoms with Gasteiger partial charge in [0, 0.05) is 41.4 Å².